The molecule has 2 aromatic rings. The third-order valence-corrected chi connectivity index (χ3v) is 4.93. The molecule has 7 nitrogen and oxygen atoms in total. The molecular formula is C20H26N4O3. The highest BCUT2D eigenvalue weighted by Crippen LogP contribution is 2.29. The molecule has 7 heteroatoms. The summed E-state index contributed by atoms with van der Waals surface area (Å²) >= 11 is 0. The van der Waals surface area contributed by atoms with Gasteiger partial charge in [0.1, 0.15) is 11.5 Å². The number of aryl methyl sites for hydroxylation is 1. The van der Waals surface area contributed by atoms with Crippen molar-refractivity contribution in [3.05, 3.63) is 35.7 Å². The smallest absolute Gasteiger partial charge is 0.259 e. The number of aromatic nitrogens is 2. The number of carbonyl (C=O) groups is 1. The van der Waals surface area contributed by atoms with E-state index in [1.807, 2.05) is 6.92 Å². The van der Waals surface area contributed by atoms with Crippen LogP contribution in [0.5, 0.6) is 11.5 Å². The maximum absolute atomic E-state index is 12.7. The zero-order chi connectivity index (χ0) is 19.4. The lowest BCUT2D eigenvalue weighted by atomic mass is 10.00. The van der Waals surface area contributed by atoms with Crippen molar-refractivity contribution in [3.63, 3.8) is 0 Å². The first kappa shape index (κ1) is 18.9. The Morgan fingerprint density at radius 3 is 2.59 bits per heavy atom. The highest BCUT2D eigenvalue weighted by molar-refractivity contribution is 6.05. The zero-order valence-electron chi connectivity index (χ0n) is 16.3. The summed E-state index contributed by atoms with van der Waals surface area (Å²) in [6, 6.07) is 5.23. The summed E-state index contributed by atoms with van der Waals surface area (Å²) in [5.41, 5.74) is 1.67. The number of piperidine rings is 1. The van der Waals surface area contributed by atoms with Gasteiger partial charge < -0.3 is 19.7 Å². The number of anilines is 2. The molecule has 0 spiro atoms. The lowest BCUT2D eigenvalue weighted by Crippen LogP contribution is -2.34. The van der Waals surface area contributed by atoms with Gasteiger partial charge in [-0.1, -0.05) is 6.92 Å². The van der Waals surface area contributed by atoms with E-state index in [-0.39, 0.29) is 5.91 Å². The van der Waals surface area contributed by atoms with E-state index in [0.717, 1.165) is 31.8 Å². The van der Waals surface area contributed by atoms with Crippen molar-refractivity contribution < 1.29 is 14.3 Å². The molecular weight excluding hydrogens is 344 g/mol. The number of nitrogens with one attached hydrogen (secondary N) is 1. The van der Waals surface area contributed by atoms with Gasteiger partial charge in [-0.25, -0.2) is 9.97 Å². The van der Waals surface area contributed by atoms with Gasteiger partial charge in [0.05, 0.1) is 31.2 Å². The molecule has 1 fully saturated rings. The Hall–Kier alpha value is -2.83. The van der Waals surface area contributed by atoms with Crippen LogP contribution in [0.3, 0.4) is 0 Å². The molecule has 2 heterocycles. The molecule has 0 radical (unpaired) electrons. The van der Waals surface area contributed by atoms with E-state index in [4.69, 9.17) is 9.47 Å². The number of methoxy groups -OCH3 is 2. The molecule has 27 heavy (non-hydrogen) atoms. The maximum Gasteiger partial charge on any atom is 0.259 e. The number of benzene rings is 1. The van der Waals surface area contributed by atoms with Crippen molar-refractivity contribution in [2.45, 2.75) is 26.7 Å². The number of rotatable bonds is 5. The summed E-state index contributed by atoms with van der Waals surface area (Å²) in [5, 5.41) is 2.86. The van der Waals surface area contributed by atoms with E-state index < -0.39 is 0 Å². The molecule has 1 aromatic carbocycles. The first-order valence-electron chi connectivity index (χ1n) is 9.13. The molecule has 0 atom stereocenters. The van der Waals surface area contributed by atoms with Crippen LogP contribution in [0.15, 0.2) is 24.4 Å². The summed E-state index contributed by atoms with van der Waals surface area (Å²) in [6.07, 6.45) is 3.88. The molecule has 0 aliphatic carbocycles. The summed E-state index contributed by atoms with van der Waals surface area (Å²) < 4.78 is 10.5. The number of ether oxygens (including phenoxy) is 2. The molecule has 1 amide bonds. The monoisotopic (exact) mass is 370 g/mol. The Balaban J connectivity index is 1.75. The predicted octanol–water partition coefficient (Wildman–Crippen LogP) is 3.29. The summed E-state index contributed by atoms with van der Waals surface area (Å²) in [7, 11) is 3.13. The standard InChI is InChI=1S/C20H26N4O3/c1-13-7-9-24(10-8-13)20-21-12-16(14(2)22-20)19(25)23-17-6-5-15(26-3)11-18(17)27-4/h5-6,11-13H,7-10H2,1-4H3,(H,23,25). The molecule has 1 N–H and O–H groups in total. The number of nitrogens with zero attached hydrogens (tertiary/aromatic N) is 3. The lowest BCUT2D eigenvalue weighted by Gasteiger charge is -2.30. The van der Waals surface area contributed by atoms with Crippen LogP contribution in [0, 0.1) is 12.8 Å². The average Bonchev–Trinajstić information content (AvgIpc) is 2.68. The molecule has 144 valence electrons. The van der Waals surface area contributed by atoms with Crippen molar-refractivity contribution in [2.75, 3.05) is 37.5 Å². The normalized spacial score (nSPS) is 14.7. The number of amides is 1. The van der Waals surface area contributed by atoms with Crippen molar-refractivity contribution >= 4 is 17.5 Å². The number of carbonyl (C=O) groups excluding carboxylic acids is 1. The first-order valence-corrected chi connectivity index (χ1v) is 9.13. The van der Waals surface area contributed by atoms with Crippen LogP contribution in [0.4, 0.5) is 11.6 Å². The van der Waals surface area contributed by atoms with E-state index in [2.05, 4.69) is 27.1 Å². The summed E-state index contributed by atoms with van der Waals surface area (Å²) in [4.78, 5) is 23.9. The van der Waals surface area contributed by atoms with E-state index >= 15 is 0 Å². The second kappa shape index (κ2) is 8.24. The minimum absolute atomic E-state index is 0.269. The minimum atomic E-state index is -0.269. The molecule has 0 bridgehead atoms. The number of hydrogen-bond acceptors (Lipinski definition) is 6. The van der Waals surface area contributed by atoms with E-state index in [1.165, 1.54) is 0 Å². The first-order chi connectivity index (χ1) is 13.0. The zero-order valence-corrected chi connectivity index (χ0v) is 16.3. The van der Waals surface area contributed by atoms with Gasteiger partial charge in [-0.15, -0.1) is 0 Å². The highest BCUT2D eigenvalue weighted by atomic mass is 16.5. The molecule has 1 aromatic heterocycles. The third kappa shape index (κ3) is 4.30. The topological polar surface area (TPSA) is 76.6 Å². The van der Waals surface area contributed by atoms with Gasteiger partial charge in [0.25, 0.3) is 5.91 Å². The fourth-order valence-electron chi connectivity index (χ4n) is 3.13. The van der Waals surface area contributed by atoms with Gasteiger partial charge in [0.15, 0.2) is 0 Å². The Kier molecular flexibility index (Phi) is 5.78. The molecule has 1 aliphatic rings. The van der Waals surface area contributed by atoms with Crippen LogP contribution in [-0.2, 0) is 0 Å². The fourth-order valence-corrected chi connectivity index (χ4v) is 3.13. The number of hydrogen-bond donors (Lipinski definition) is 1. The Bertz CT molecular complexity index is 817. The predicted molar refractivity (Wildman–Crippen MR) is 105 cm³/mol. The van der Waals surface area contributed by atoms with Crippen LogP contribution in [0.1, 0.15) is 35.8 Å². The van der Waals surface area contributed by atoms with E-state index in [1.54, 1.807) is 38.6 Å². The maximum atomic E-state index is 12.7. The average molecular weight is 370 g/mol. The Labute approximate surface area is 159 Å². The van der Waals surface area contributed by atoms with Gasteiger partial charge in [-0.05, 0) is 37.8 Å². The minimum Gasteiger partial charge on any atom is -0.497 e. The van der Waals surface area contributed by atoms with Crippen LogP contribution < -0.4 is 19.7 Å². The van der Waals surface area contributed by atoms with Crippen molar-refractivity contribution in [3.8, 4) is 11.5 Å². The summed E-state index contributed by atoms with van der Waals surface area (Å²) in [5.74, 6) is 2.35. The quantitative estimate of drug-likeness (QED) is 0.870. The molecule has 3 rings (SSSR count). The van der Waals surface area contributed by atoms with E-state index in [0.29, 0.717) is 34.4 Å². The van der Waals surface area contributed by atoms with Gasteiger partial charge in [-0.2, -0.15) is 0 Å². The van der Waals surface area contributed by atoms with Gasteiger partial charge >= 0.3 is 0 Å². The molecule has 0 unspecified atom stereocenters. The lowest BCUT2D eigenvalue weighted by molar-refractivity contribution is 0.102. The Morgan fingerprint density at radius 2 is 1.96 bits per heavy atom. The third-order valence-electron chi connectivity index (χ3n) is 4.93. The van der Waals surface area contributed by atoms with Crippen LogP contribution >= 0.6 is 0 Å². The molecule has 1 aliphatic heterocycles. The molecule has 0 saturated carbocycles. The second-order valence-corrected chi connectivity index (χ2v) is 6.86. The van der Waals surface area contributed by atoms with E-state index in [9.17, 15) is 4.79 Å². The van der Waals surface area contributed by atoms with Crippen molar-refractivity contribution in [1.29, 1.82) is 0 Å². The van der Waals surface area contributed by atoms with Crippen LogP contribution in [0.25, 0.3) is 0 Å². The van der Waals surface area contributed by atoms with Crippen molar-refractivity contribution in [2.24, 2.45) is 5.92 Å². The van der Waals surface area contributed by atoms with Gasteiger partial charge in [0.2, 0.25) is 5.95 Å². The van der Waals surface area contributed by atoms with Crippen molar-refractivity contribution in [1.82, 2.24) is 9.97 Å². The summed E-state index contributed by atoms with van der Waals surface area (Å²) in [6.45, 7) is 6.01. The van der Waals surface area contributed by atoms with Gasteiger partial charge in [-0.3, -0.25) is 4.79 Å². The second-order valence-electron chi connectivity index (χ2n) is 6.86. The molecule has 1 saturated heterocycles. The van der Waals surface area contributed by atoms with Crippen LogP contribution in [0.2, 0.25) is 0 Å². The highest BCUT2D eigenvalue weighted by Gasteiger charge is 2.20. The Morgan fingerprint density at radius 1 is 1.22 bits per heavy atom. The largest absolute Gasteiger partial charge is 0.497 e. The fraction of sp³-hybridized carbons (Fsp3) is 0.450. The SMILES string of the molecule is COc1ccc(NC(=O)c2cnc(N3CCC(C)CC3)nc2C)c(OC)c1. The van der Waals surface area contributed by atoms with Crippen LogP contribution in [-0.4, -0.2) is 43.2 Å². The van der Waals surface area contributed by atoms with Gasteiger partial charge in [0, 0.05) is 25.4 Å².